The normalized spacial score (nSPS) is 23.9. The first-order valence-corrected chi connectivity index (χ1v) is 7.02. The highest BCUT2D eigenvalue weighted by atomic mass is 15.2. The van der Waals surface area contributed by atoms with Gasteiger partial charge in [-0.15, -0.1) is 0 Å². The third-order valence-electron chi connectivity index (χ3n) is 3.97. The summed E-state index contributed by atoms with van der Waals surface area (Å²) in [7, 11) is 0. The largest absolute Gasteiger partial charge is 0.353 e. The lowest BCUT2D eigenvalue weighted by molar-refractivity contribution is 0.299. The monoisotopic (exact) mass is 248 g/mol. The number of hydrogen-bond acceptors (Lipinski definition) is 4. The van der Waals surface area contributed by atoms with E-state index in [0.29, 0.717) is 12.0 Å². The highest BCUT2D eigenvalue weighted by Crippen LogP contribution is 2.30. The summed E-state index contributed by atoms with van der Waals surface area (Å²) in [6.07, 6.45) is 6.96. The Kier molecular flexibility index (Phi) is 4.53. The van der Waals surface area contributed by atoms with E-state index in [0.717, 1.165) is 24.7 Å². The predicted molar refractivity (Wildman–Crippen MR) is 74.6 cm³/mol. The van der Waals surface area contributed by atoms with Crippen LogP contribution in [0.4, 0.5) is 5.82 Å². The van der Waals surface area contributed by atoms with Crippen LogP contribution in [0.1, 0.15) is 38.4 Å². The second kappa shape index (κ2) is 6.14. The number of nitrogens with zero attached hydrogens (tertiary/aromatic N) is 3. The van der Waals surface area contributed by atoms with Gasteiger partial charge >= 0.3 is 0 Å². The molecule has 1 fully saturated rings. The van der Waals surface area contributed by atoms with E-state index in [9.17, 15) is 0 Å². The zero-order valence-corrected chi connectivity index (χ0v) is 11.5. The van der Waals surface area contributed by atoms with Crippen LogP contribution in [0.15, 0.2) is 12.3 Å². The fourth-order valence-corrected chi connectivity index (χ4v) is 3.04. The highest BCUT2D eigenvalue weighted by molar-refractivity contribution is 5.39. The lowest BCUT2D eigenvalue weighted by Crippen LogP contribution is -2.45. The van der Waals surface area contributed by atoms with E-state index in [1.807, 2.05) is 19.2 Å². The minimum atomic E-state index is 0.544. The quantitative estimate of drug-likeness (QED) is 0.887. The summed E-state index contributed by atoms with van der Waals surface area (Å²) in [5, 5.41) is 0. The van der Waals surface area contributed by atoms with Crippen molar-refractivity contribution in [2.45, 2.75) is 45.6 Å². The fourth-order valence-electron chi connectivity index (χ4n) is 3.04. The van der Waals surface area contributed by atoms with Crippen LogP contribution in [0.25, 0.3) is 0 Å². The Morgan fingerprint density at radius 3 is 2.83 bits per heavy atom. The van der Waals surface area contributed by atoms with Crippen molar-refractivity contribution < 1.29 is 0 Å². The summed E-state index contributed by atoms with van der Waals surface area (Å²) < 4.78 is 0. The molecule has 1 saturated carbocycles. The Hall–Kier alpha value is -1.16. The van der Waals surface area contributed by atoms with Gasteiger partial charge in [-0.1, -0.05) is 12.8 Å². The fraction of sp³-hybridized carbons (Fsp3) is 0.714. The maximum Gasteiger partial charge on any atom is 0.132 e. The minimum Gasteiger partial charge on any atom is -0.353 e. The third kappa shape index (κ3) is 2.80. The molecule has 2 N–H and O–H groups in total. The van der Waals surface area contributed by atoms with Crippen LogP contribution in [-0.4, -0.2) is 29.1 Å². The zero-order chi connectivity index (χ0) is 13.0. The lowest BCUT2D eigenvalue weighted by Gasteiger charge is -2.40. The molecule has 18 heavy (non-hydrogen) atoms. The smallest absolute Gasteiger partial charge is 0.132 e. The van der Waals surface area contributed by atoms with Crippen LogP contribution in [0.5, 0.6) is 0 Å². The first-order chi connectivity index (χ1) is 8.76. The molecule has 1 aliphatic rings. The summed E-state index contributed by atoms with van der Waals surface area (Å²) in [6, 6.07) is 2.56. The SMILES string of the molecule is CCN(c1ccnc(C)n1)C1CCCCC1CN. The number of anilines is 1. The predicted octanol–water partition coefficient (Wildman–Crippen LogP) is 2.13. The molecule has 4 heteroatoms. The van der Waals surface area contributed by atoms with Gasteiger partial charge in [-0.3, -0.25) is 0 Å². The Morgan fingerprint density at radius 2 is 2.17 bits per heavy atom. The van der Waals surface area contributed by atoms with Crippen molar-refractivity contribution >= 4 is 5.82 Å². The Balaban J connectivity index is 2.21. The second-order valence-corrected chi connectivity index (χ2v) is 5.10. The molecule has 1 aromatic heterocycles. The number of rotatable bonds is 4. The maximum absolute atomic E-state index is 5.93. The van der Waals surface area contributed by atoms with Gasteiger partial charge in [0, 0.05) is 18.8 Å². The average Bonchev–Trinajstić information content (AvgIpc) is 2.40. The zero-order valence-electron chi connectivity index (χ0n) is 11.5. The second-order valence-electron chi connectivity index (χ2n) is 5.10. The number of aromatic nitrogens is 2. The molecular formula is C14H24N4. The van der Waals surface area contributed by atoms with Crippen LogP contribution in [0.2, 0.25) is 0 Å². The topological polar surface area (TPSA) is 55.0 Å². The van der Waals surface area contributed by atoms with Gasteiger partial charge in [0.1, 0.15) is 11.6 Å². The van der Waals surface area contributed by atoms with Crippen LogP contribution in [-0.2, 0) is 0 Å². The van der Waals surface area contributed by atoms with E-state index < -0.39 is 0 Å². The van der Waals surface area contributed by atoms with Gasteiger partial charge in [-0.05, 0) is 45.2 Å². The molecule has 2 rings (SSSR count). The summed E-state index contributed by atoms with van der Waals surface area (Å²) in [4.78, 5) is 11.1. The number of aryl methyl sites for hydroxylation is 1. The van der Waals surface area contributed by atoms with E-state index in [2.05, 4.69) is 21.8 Å². The molecule has 0 spiro atoms. The molecule has 0 radical (unpaired) electrons. The summed E-state index contributed by atoms with van der Waals surface area (Å²) in [5.41, 5.74) is 5.93. The number of nitrogens with two attached hydrogens (primary N) is 1. The van der Waals surface area contributed by atoms with E-state index in [1.165, 1.54) is 25.7 Å². The van der Waals surface area contributed by atoms with Crippen molar-refractivity contribution in [2.24, 2.45) is 11.7 Å². The first kappa shape index (κ1) is 13.3. The molecule has 2 atom stereocenters. The Labute approximate surface area is 110 Å². The molecule has 2 unspecified atom stereocenters. The summed E-state index contributed by atoms with van der Waals surface area (Å²) in [6.45, 7) is 5.90. The molecule has 1 aromatic rings. The molecule has 0 aliphatic heterocycles. The van der Waals surface area contributed by atoms with Gasteiger partial charge in [0.25, 0.3) is 0 Å². The standard InChI is InChI=1S/C14H24N4/c1-3-18(14-8-9-16-11(2)17-14)13-7-5-4-6-12(13)10-15/h8-9,12-13H,3-7,10,15H2,1-2H3. The van der Waals surface area contributed by atoms with Crippen molar-refractivity contribution in [3.63, 3.8) is 0 Å². The number of hydrogen-bond donors (Lipinski definition) is 1. The van der Waals surface area contributed by atoms with Crippen LogP contribution in [0, 0.1) is 12.8 Å². The van der Waals surface area contributed by atoms with Crippen molar-refractivity contribution in [1.82, 2.24) is 9.97 Å². The van der Waals surface area contributed by atoms with Crippen LogP contribution >= 0.6 is 0 Å². The van der Waals surface area contributed by atoms with Gasteiger partial charge in [0.05, 0.1) is 0 Å². The maximum atomic E-state index is 5.93. The third-order valence-corrected chi connectivity index (χ3v) is 3.97. The van der Waals surface area contributed by atoms with Gasteiger partial charge in [0.2, 0.25) is 0 Å². The summed E-state index contributed by atoms with van der Waals surface area (Å²) in [5.74, 6) is 2.50. The molecule has 100 valence electrons. The van der Waals surface area contributed by atoms with Crippen molar-refractivity contribution in [3.05, 3.63) is 18.1 Å². The van der Waals surface area contributed by atoms with Gasteiger partial charge in [-0.2, -0.15) is 0 Å². The van der Waals surface area contributed by atoms with Crippen LogP contribution in [0.3, 0.4) is 0 Å². The molecule has 0 bridgehead atoms. The van der Waals surface area contributed by atoms with Gasteiger partial charge in [-0.25, -0.2) is 9.97 Å². The lowest BCUT2D eigenvalue weighted by atomic mass is 9.83. The first-order valence-electron chi connectivity index (χ1n) is 7.02. The van der Waals surface area contributed by atoms with Gasteiger partial charge in [0.15, 0.2) is 0 Å². The van der Waals surface area contributed by atoms with Crippen molar-refractivity contribution in [1.29, 1.82) is 0 Å². The molecule has 1 aliphatic carbocycles. The molecule has 1 heterocycles. The van der Waals surface area contributed by atoms with E-state index in [1.54, 1.807) is 0 Å². The van der Waals surface area contributed by atoms with E-state index in [4.69, 9.17) is 5.73 Å². The van der Waals surface area contributed by atoms with Crippen molar-refractivity contribution in [2.75, 3.05) is 18.0 Å². The Bertz CT molecular complexity index is 380. The van der Waals surface area contributed by atoms with Crippen molar-refractivity contribution in [3.8, 4) is 0 Å². The molecular weight excluding hydrogens is 224 g/mol. The van der Waals surface area contributed by atoms with Crippen LogP contribution < -0.4 is 10.6 Å². The average molecular weight is 248 g/mol. The Morgan fingerprint density at radius 1 is 1.39 bits per heavy atom. The molecule has 0 saturated heterocycles. The minimum absolute atomic E-state index is 0.544. The summed E-state index contributed by atoms with van der Waals surface area (Å²) >= 11 is 0. The molecule has 0 amide bonds. The van der Waals surface area contributed by atoms with E-state index in [-0.39, 0.29) is 0 Å². The molecule has 4 nitrogen and oxygen atoms in total. The highest BCUT2D eigenvalue weighted by Gasteiger charge is 2.29. The molecule has 0 aromatic carbocycles. The van der Waals surface area contributed by atoms with E-state index >= 15 is 0 Å². The van der Waals surface area contributed by atoms with Gasteiger partial charge < -0.3 is 10.6 Å².